The summed E-state index contributed by atoms with van der Waals surface area (Å²) < 4.78 is 5.12. The standard InChI is InChI=1S/C13H14O3/c1-2-12(14)16-11-8-7-9-5-3-4-6-10(9)13(11)15/h3-6,11H,2,7-8H2,1H3. The van der Waals surface area contributed by atoms with Crippen molar-refractivity contribution < 1.29 is 14.3 Å². The van der Waals surface area contributed by atoms with Gasteiger partial charge in [0, 0.05) is 12.0 Å². The molecule has 3 nitrogen and oxygen atoms in total. The number of hydrogen-bond donors (Lipinski definition) is 0. The molecule has 0 aromatic heterocycles. The summed E-state index contributed by atoms with van der Waals surface area (Å²) in [5.74, 6) is -0.374. The van der Waals surface area contributed by atoms with Crippen molar-refractivity contribution in [2.75, 3.05) is 0 Å². The van der Waals surface area contributed by atoms with Crippen molar-refractivity contribution in [2.24, 2.45) is 0 Å². The van der Waals surface area contributed by atoms with Gasteiger partial charge < -0.3 is 4.74 Å². The Kier molecular flexibility index (Phi) is 3.04. The van der Waals surface area contributed by atoms with Crippen molar-refractivity contribution in [3.63, 3.8) is 0 Å². The molecule has 1 aliphatic rings. The van der Waals surface area contributed by atoms with Crippen LogP contribution in [0.4, 0.5) is 0 Å². The summed E-state index contributed by atoms with van der Waals surface area (Å²) in [7, 11) is 0. The Morgan fingerprint density at radius 1 is 1.44 bits per heavy atom. The Bertz CT molecular complexity index is 423. The van der Waals surface area contributed by atoms with Crippen molar-refractivity contribution in [1.29, 1.82) is 0 Å². The maximum absolute atomic E-state index is 12.0. The molecule has 1 atom stereocenters. The molecule has 84 valence electrons. The molecule has 0 saturated carbocycles. The number of hydrogen-bond acceptors (Lipinski definition) is 3. The molecule has 1 aromatic rings. The smallest absolute Gasteiger partial charge is 0.306 e. The van der Waals surface area contributed by atoms with Crippen molar-refractivity contribution in [3.05, 3.63) is 35.4 Å². The highest BCUT2D eigenvalue weighted by atomic mass is 16.5. The van der Waals surface area contributed by atoms with E-state index in [0.29, 0.717) is 18.4 Å². The van der Waals surface area contributed by atoms with Gasteiger partial charge in [-0.2, -0.15) is 0 Å². The Labute approximate surface area is 94.4 Å². The topological polar surface area (TPSA) is 43.4 Å². The number of fused-ring (bicyclic) bond motifs is 1. The summed E-state index contributed by atoms with van der Waals surface area (Å²) in [6, 6.07) is 7.50. The molecule has 0 spiro atoms. The van der Waals surface area contributed by atoms with E-state index < -0.39 is 6.10 Å². The molecule has 1 aromatic carbocycles. The lowest BCUT2D eigenvalue weighted by Crippen LogP contribution is -2.32. The molecule has 0 amide bonds. The number of carbonyl (C=O) groups is 2. The monoisotopic (exact) mass is 218 g/mol. The minimum absolute atomic E-state index is 0.0661. The average molecular weight is 218 g/mol. The van der Waals surface area contributed by atoms with Crippen molar-refractivity contribution in [2.45, 2.75) is 32.3 Å². The van der Waals surface area contributed by atoms with Gasteiger partial charge in [0.2, 0.25) is 5.78 Å². The highest BCUT2D eigenvalue weighted by Crippen LogP contribution is 2.23. The largest absolute Gasteiger partial charge is 0.454 e. The molecule has 2 rings (SSSR count). The number of benzene rings is 1. The highest BCUT2D eigenvalue weighted by molar-refractivity contribution is 6.02. The van der Waals surface area contributed by atoms with Crippen LogP contribution in [0.15, 0.2) is 24.3 Å². The quantitative estimate of drug-likeness (QED) is 0.714. The number of carbonyl (C=O) groups excluding carboxylic acids is 2. The molecule has 1 aliphatic carbocycles. The van der Waals surface area contributed by atoms with Gasteiger partial charge in [-0.3, -0.25) is 9.59 Å². The van der Waals surface area contributed by atoms with Gasteiger partial charge in [0.05, 0.1) is 0 Å². The average Bonchev–Trinajstić information content (AvgIpc) is 2.33. The number of ether oxygens (including phenoxy) is 1. The summed E-state index contributed by atoms with van der Waals surface area (Å²) >= 11 is 0. The van der Waals surface area contributed by atoms with Crippen LogP contribution in [0.3, 0.4) is 0 Å². The van der Waals surface area contributed by atoms with E-state index in [9.17, 15) is 9.59 Å². The SMILES string of the molecule is CCC(=O)OC1CCc2ccccc2C1=O. The maximum Gasteiger partial charge on any atom is 0.306 e. The van der Waals surface area contributed by atoms with Crippen LogP contribution in [-0.2, 0) is 16.0 Å². The van der Waals surface area contributed by atoms with E-state index in [1.165, 1.54) is 0 Å². The van der Waals surface area contributed by atoms with Crippen LogP contribution in [0.1, 0.15) is 35.7 Å². The second-order valence-corrected chi connectivity index (χ2v) is 3.89. The van der Waals surface area contributed by atoms with Crippen LogP contribution in [0.2, 0.25) is 0 Å². The van der Waals surface area contributed by atoms with E-state index in [2.05, 4.69) is 0 Å². The normalized spacial score (nSPS) is 19.1. The first kappa shape index (κ1) is 10.9. The van der Waals surface area contributed by atoms with Crippen LogP contribution < -0.4 is 0 Å². The summed E-state index contributed by atoms with van der Waals surface area (Å²) in [5, 5.41) is 0. The van der Waals surface area contributed by atoms with Gasteiger partial charge in [-0.25, -0.2) is 0 Å². The minimum atomic E-state index is -0.581. The fraction of sp³-hybridized carbons (Fsp3) is 0.385. The molecule has 3 heteroatoms. The lowest BCUT2D eigenvalue weighted by Gasteiger charge is -2.22. The highest BCUT2D eigenvalue weighted by Gasteiger charge is 2.29. The third kappa shape index (κ3) is 1.98. The molecular formula is C13H14O3. The van der Waals surface area contributed by atoms with Gasteiger partial charge in [0.15, 0.2) is 6.10 Å². The molecule has 0 aliphatic heterocycles. The summed E-state index contributed by atoms with van der Waals surface area (Å²) in [4.78, 5) is 23.2. The third-order valence-electron chi connectivity index (χ3n) is 2.81. The number of ketones is 1. The second-order valence-electron chi connectivity index (χ2n) is 3.89. The lowest BCUT2D eigenvalue weighted by molar-refractivity contribution is -0.146. The molecule has 16 heavy (non-hydrogen) atoms. The molecule has 0 bridgehead atoms. The van der Waals surface area contributed by atoms with E-state index >= 15 is 0 Å². The second kappa shape index (κ2) is 4.47. The molecule has 0 fully saturated rings. The van der Waals surface area contributed by atoms with Crippen molar-refractivity contribution >= 4 is 11.8 Å². The minimum Gasteiger partial charge on any atom is -0.454 e. The van der Waals surface area contributed by atoms with Crippen LogP contribution in [-0.4, -0.2) is 17.9 Å². The van der Waals surface area contributed by atoms with E-state index in [0.717, 1.165) is 12.0 Å². The van der Waals surface area contributed by atoms with E-state index in [4.69, 9.17) is 4.74 Å². The number of Topliss-reactive ketones (excluding diaryl/α,β-unsaturated/α-hetero) is 1. The number of aryl methyl sites for hydroxylation is 1. The Morgan fingerprint density at radius 2 is 2.19 bits per heavy atom. The molecule has 1 unspecified atom stereocenters. The first-order valence-corrected chi connectivity index (χ1v) is 5.54. The van der Waals surface area contributed by atoms with Gasteiger partial charge in [-0.05, 0) is 18.4 Å². The van der Waals surface area contributed by atoms with E-state index in [1.807, 2.05) is 18.2 Å². The molecular weight excluding hydrogens is 204 g/mol. The Hall–Kier alpha value is -1.64. The van der Waals surface area contributed by atoms with Crippen LogP contribution in [0, 0.1) is 0 Å². The van der Waals surface area contributed by atoms with Crippen molar-refractivity contribution in [3.8, 4) is 0 Å². The Balaban J connectivity index is 2.18. The van der Waals surface area contributed by atoms with Gasteiger partial charge in [0.1, 0.15) is 0 Å². The third-order valence-corrected chi connectivity index (χ3v) is 2.81. The first-order valence-electron chi connectivity index (χ1n) is 5.54. The van der Waals surface area contributed by atoms with Crippen LogP contribution in [0.25, 0.3) is 0 Å². The van der Waals surface area contributed by atoms with Gasteiger partial charge in [-0.15, -0.1) is 0 Å². The molecule has 0 heterocycles. The van der Waals surface area contributed by atoms with Crippen LogP contribution in [0.5, 0.6) is 0 Å². The lowest BCUT2D eigenvalue weighted by atomic mass is 9.89. The van der Waals surface area contributed by atoms with Gasteiger partial charge >= 0.3 is 5.97 Å². The molecule has 0 N–H and O–H groups in total. The maximum atomic E-state index is 12.0. The molecule has 0 radical (unpaired) electrons. The van der Waals surface area contributed by atoms with E-state index in [-0.39, 0.29) is 11.8 Å². The predicted octanol–water partition coefficient (Wildman–Crippen LogP) is 2.14. The van der Waals surface area contributed by atoms with Gasteiger partial charge in [-0.1, -0.05) is 31.2 Å². The summed E-state index contributed by atoms with van der Waals surface area (Å²) in [6.07, 6.45) is 1.12. The molecule has 0 saturated heterocycles. The summed E-state index contributed by atoms with van der Waals surface area (Å²) in [6.45, 7) is 1.73. The number of esters is 1. The Morgan fingerprint density at radius 3 is 2.94 bits per heavy atom. The fourth-order valence-corrected chi connectivity index (χ4v) is 1.92. The zero-order chi connectivity index (χ0) is 11.5. The van der Waals surface area contributed by atoms with Crippen molar-refractivity contribution in [1.82, 2.24) is 0 Å². The zero-order valence-electron chi connectivity index (χ0n) is 9.23. The first-order chi connectivity index (χ1) is 7.72. The van der Waals surface area contributed by atoms with E-state index in [1.54, 1.807) is 13.0 Å². The summed E-state index contributed by atoms with van der Waals surface area (Å²) in [5.41, 5.74) is 1.75. The predicted molar refractivity (Wildman–Crippen MR) is 59.3 cm³/mol. The van der Waals surface area contributed by atoms with Crippen LogP contribution >= 0.6 is 0 Å². The zero-order valence-corrected chi connectivity index (χ0v) is 9.23. The fourth-order valence-electron chi connectivity index (χ4n) is 1.92. The number of rotatable bonds is 2. The van der Waals surface area contributed by atoms with Gasteiger partial charge in [0.25, 0.3) is 0 Å².